The average molecular weight is 406 g/mol. The van der Waals surface area contributed by atoms with E-state index in [9.17, 15) is 9.59 Å². The van der Waals surface area contributed by atoms with Crippen molar-refractivity contribution in [3.63, 3.8) is 0 Å². The number of aromatic nitrogens is 3. The van der Waals surface area contributed by atoms with Gasteiger partial charge in [-0.25, -0.2) is 9.78 Å². The molecule has 0 spiro atoms. The molecule has 1 saturated heterocycles. The number of fused-ring (bicyclic) bond motifs is 1. The van der Waals surface area contributed by atoms with Crippen molar-refractivity contribution in [2.24, 2.45) is 5.92 Å². The number of carbonyl (C=O) groups excluding carboxylic acids is 2. The van der Waals surface area contributed by atoms with Gasteiger partial charge in [-0.3, -0.25) is 9.78 Å². The van der Waals surface area contributed by atoms with E-state index in [0.29, 0.717) is 30.3 Å². The highest BCUT2D eigenvalue weighted by atomic mass is 16.2. The van der Waals surface area contributed by atoms with Crippen LogP contribution in [-0.4, -0.2) is 44.3 Å². The zero-order valence-corrected chi connectivity index (χ0v) is 17.6. The molecule has 2 aromatic heterocycles. The van der Waals surface area contributed by atoms with Crippen LogP contribution in [0.3, 0.4) is 0 Å². The number of rotatable bonds is 5. The van der Waals surface area contributed by atoms with Crippen molar-refractivity contribution < 1.29 is 9.59 Å². The molecule has 1 aliphatic rings. The second-order valence-corrected chi connectivity index (χ2v) is 8.34. The Morgan fingerprint density at radius 1 is 1.27 bits per heavy atom. The third-order valence-electron chi connectivity index (χ3n) is 5.49. The van der Waals surface area contributed by atoms with E-state index in [1.165, 1.54) is 6.92 Å². The van der Waals surface area contributed by atoms with E-state index in [1.54, 1.807) is 30.5 Å². The molecule has 0 aliphatic carbocycles. The number of hydrogen-bond donors (Lipinski definition) is 1. The molecule has 1 aromatic carbocycles. The normalized spacial score (nSPS) is 16.4. The maximum absolute atomic E-state index is 12.8. The number of nitrogens with zero attached hydrogens (tertiary/aromatic N) is 4. The van der Waals surface area contributed by atoms with Gasteiger partial charge >= 0.3 is 6.03 Å². The number of likely N-dealkylation sites (tertiary alicyclic amines) is 1. The maximum atomic E-state index is 12.8. The first-order valence-electron chi connectivity index (χ1n) is 10.4. The number of urea groups is 1. The van der Waals surface area contributed by atoms with Crippen LogP contribution in [0.2, 0.25) is 0 Å². The summed E-state index contributed by atoms with van der Waals surface area (Å²) in [7, 11) is 0. The smallest absolute Gasteiger partial charge is 0.321 e. The Hall–Kier alpha value is -3.22. The van der Waals surface area contributed by atoms with E-state index in [2.05, 4.69) is 28.7 Å². The Morgan fingerprint density at radius 2 is 2.10 bits per heavy atom. The molecule has 2 amide bonds. The van der Waals surface area contributed by atoms with Crippen molar-refractivity contribution in [3.8, 4) is 0 Å². The molecule has 30 heavy (non-hydrogen) atoms. The molecule has 3 heterocycles. The van der Waals surface area contributed by atoms with Crippen molar-refractivity contribution >= 4 is 28.5 Å². The summed E-state index contributed by atoms with van der Waals surface area (Å²) in [5.41, 5.74) is 3.21. The van der Waals surface area contributed by atoms with Gasteiger partial charge in [-0.15, -0.1) is 0 Å². The quantitative estimate of drug-likeness (QED) is 0.642. The van der Waals surface area contributed by atoms with Crippen LogP contribution in [0, 0.1) is 5.92 Å². The molecule has 7 nitrogen and oxygen atoms in total. The van der Waals surface area contributed by atoms with Gasteiger partial charge in [-0.2, -0.15) is 0 Å². The molecule has 1 aliphatic heterocycles. The predicted octanol–water partition coefficient (Wildman–Crippen LogP) is 4.31. The van der Waals surface area contributed by atoms with Crippen LogP contribution in [0.15, 0.2) is 42.7 Å². The molecule has 3 aromatic rings. The van der Waals surface area contributed by atoms with Crippen molar-refractivity contribution in [2.45, 2.75) is 39.7 Å². The Bertz CT molecular complexity index is 1090. The Morgan fingerprint density at radius 3 is 2.87 bits per heavy atom. The number of anilines is 1. The summed E-state index contributed by atoms with van der Waals surface area (Å²) in [6.45, 7) is 8.06. The van der Waals surface area contributed by atoms with E-state index in [0.717, 1.165) is 29.8 Å². The summed E-state index contributed by atoms with van der Waals surface area (Å²) >= 11 is 0. The second-order valence-electron chi connectivity index (χ2n) is 8.34. The topological polar surface area (TPSA) is 80.1 Å². The maximum Gasteiger partial charge on any atom is 0.321 e. The summed E-state index contributed by atoms with van der Waals surface area (Å²) in [4.78, 5) is 35.4. The molecule has 1 fully saturated rings. The highest BCUT2D eigenvalue weighted by Gasteiger charge is 2.31. The van der Waals surface area contributed by atoms with Gasteiger partial charge in [0.2, 0.25) is 0 Å². The first-order chi connectivity index (χ1) is 14.4. The van der Waals surface area contributed by atoms with Gasteiger partial charge in [0.25, 0.3) is 0 Å². The van der Waals surface area contributed by atoms with Crippen LogP contribution in [-0.2, 0) is 6.54 Å². The number of Topliss-reactive ketones (excluding diaryl/α,β-unsaturated/α-hetero) is 1. The number of hydrogen-bond acceptors (Lipinski definition) is 4. The molecule has 1 unspecified atom stereocenters. The van der Waals surface area contributed by atoms with Crippen molar-refractivity contribution in [3.05, 3.63) is 54.1 Å². The lowest BCUT2D eigenvalue weighted by Gasteiger charge is -2.19. The summed E-state index contributed by atoms with van der Waals surface area (Å²) in [6, 6.07) is 8.83. The summed E-state index contributed by atoms with van der Waals surface area (Å²) in [6.07, 6.45) is 4.51. The van der Waals surface area contributed by atoms with Gasteiger partial charge in [0.15, 0.2) is 5.78 Å². The van der Waals surface area contributed by atoms with Crippen LogP contribution < -0.4 is 5.32 Å². The van der Waals surface area contributed by atoms with E-state index >= 15 is 0 Å². The van der Waals surface area contributed by atoms with E-state index in [4.69, 9.17) is 4.98 Å². The van der Waals surface area contributed by atoms with Gasteiger partial charge < -0.3 is 14.8 Å². The molecule has 1 atom stereocenters. The fourth-order valence-corrected chi connectivity index (χ4v) is 4.03. The van der Waals surface area contributed by atoms with Crippen molar-refractivity contribution in [1.82, 2.24) is 19.4 Å². The van der Waals surface area contributed by atoms with Gasteiger partial charge in [-0.1, -0.05) is 26.0 Å². The summed E-state index contributed by atoms with van der Waals surface area (Å²) in [5.74, 6) is 1.67. The van der Waals surface area contributed by atoms with Crippen LogP contribution in [0.1, 0.15) is 49.3 Å². The van der Waals surface area contributed by atoms with E-state index in [1.807, 2.05) is 17.2 Å². The summed E-state index contributed by atoms with van der Waals surface area (Å²) < 4.78 is 2.26. The number of benzene rings is 1. The number of amides is 2. The molecule has 0 bridgehead atoms. The number of imidazole rings is 1. The van der Waals surface area contributed by atoms with E-state index in [-0.39, 0.29) is 17.7 Å². The lowest BCUT2D eigenvalue weighted by molar-refractivity contribution is 0.101. The lowest BCUT2D eigenvalue weighted by Crippen LogP contribution is -2.33. The van der Waals surface area contributed by atoms with E-state index < -0.39 is 0 Å². The van der Waals surface area contributed by atoms with Crippen molar-refractivity contribution in [1.29, 1.82) is 0 Å². The predicted molar refractivity (Wildman–Crippen MR) is 117 cm³/mol. The van der Waals surface area contributed by atoms with Crippen LogP contribution >= 0.6 is 0 Å². The fraction of sp³-hybridized carbons (Fsp3) is 0.391. The van der Waals surface area contributed by atoms with Gasteiger partial charge in [0.1, 0.15) is 5.82 Å². The first-order valence-corrected chi connectivity index (χ1v) is 10.4. The standard InChI is InChI=1S/C23H27N5O2/c1-15(2)13-28-21-12-24-9-7-20(21)26-22(28)18-8-10-27(14-18)23(30)25-19-6-4-5-17(11-19)16(3)29/h4-7,9,11-12,15,18H,8,10,13-14H2,1-3H3,(H,25,30). The Labute approximate surface area is 176 Å². The molecule has 0 saturated carbocycles. The van der Waals surface area contributed by atoms with Gasteiger partial charge in [0, 0.05) is 43.0 Å². The molecular weight excluding hydrogens is 378 g/mol. The van der Waals surface area contributed by atoms with Crippen LogP contribution in [0.4, 0.5) is 10.5 Å². The first kappa shape index (κ1) is 20.1. The SMILES string of the molecule is CC(=O)c1cccc(NC(=O)N2CCC(c3nc4ccncc4n3CC(C)C)C2)c1. The molecule has 4 rings (SSSR count). The Balaban J connectivity index is 1.51. The minimum atomic E-state index is -0.147. The third-order valence-corrected chi connectivity index (χ3v) is 5.49. The zero-order chi connectivity index (χ0) is 21.3. The Kier molecular flexibility index (Phi) is 5.53. The zero-order valence-electron chi connectivity index (χ0n) is 17.6. The highest BCUT2D eigenvalue weighted by molar-refractivity contribution is 5.96. The van der Waals surface area contributed by atoms with Gasteiger partial charge in [0.05, 0.1) is 17.2 Å². The average Bonchev–Trinajstić information content (AvgIpc) is 3.33. The minimum absolute atomic E-state index is 0.0223. The van der Waals surface area contributed by atoms with Crippen molar-refractivity contribution in [2.75, 3.05) is 18.4 Å². The van der Waals surface area contributed by atoms with Crippen LogP contribution in [0.25, 0.3) is 11.0 Å². The van der Waals surface area contributed by atoms with Crippen LogP contribution in [0.5, 0.6) is 0 Å². The molecule has 7 heteroatoms. The number of pyridine rings is 1. The second kappa shape index (κ2) is 8.26. The highest BCUT2D eigenvalue weighted by Crippen LogP contribution is 2.30. The molecule has 1 N–H and O–H groups in total. The number of ketones is 1. The fourth-order valence-electron chi connectivity index (χ4n) is 4.03. The molecule has 156 valence electrons. The lowest BCUT2D eigenvalue weighted by atomic mass is 10.1. The number of nitrogens with one attached hydrogen (secondary N) is 1. The third kappa shape index (κ3) is 4.06. The molecule has 0 radical (unpaired) electrons. The minimum Gasteiger partial charge on any atom is -0.326 e. The largest absolute Gasteiger partial charge is 0.326 e. The molecular formula is C23H27N5O2. The monoisotopic (exact) mass is 405 g/mol. The summed E-state index contributed by atoms with van der Waals surface area (Å²) in [5, 5.41) is 2.92. The van der Waals surface area contributed by atoms with Gasteiger partial charge in [-0.05, 0) is 37.5 Å². The number of carbonyl (C=O) groups is 2.